The van der Waals surface area contributed by atoms with Gasteiger partial charge in [0.15, 0.2) is 0 Å². The van der Waals surface area contributed by atoms with E-state index in [-0.39, 0.29) is 0 Å². The highest BCUT2D eigenvalue weighted by molar-refractivity contribution is 6.35. The first-order chi connectivity index (χ1) is 18.3. The minimum absolute atomic E-state index is 0.352. The molecule has 2 aromatic carbocycles. The van der Waals surface area contributed by atoms with Gasteiger partial charge in [0.25, 0.3) is 0 Å². The molecule has 1 fully saturated rings. The van der Waals surface area contributed by atoms with Crippen LogP contribution in [-0.2, 0) is 6.54 Å². The van der Waals surface area contributed by atoms with E-state index in [1.165, 1.54) is 24.9 Å². The Labute approximate surface area is 235 Å². The SMILES string of the molecule is CC/C(C)=C(/Nc1ccc(N2CCCCC2)cc1C)C(=N)c1cc(NCc2c(Cl)cncc2Cl)ccc1N. The number of halogens is 2. The highest BCUT2D eigenvalue weighted by Crippen LogP contribution is 2.30. The van der Waals surface area contributed by atoms with E-state index in [0.29, 0.717) is 33.6 Å². The van der Waals surface area contributed by atoms with Crippen LogP contribution < -0.4 is 21.3 Å². The van der Waals surface area contributed by atoms with Crippen LogP contribution in [0.2, 0.25) is 10.0 Å². The van der Waals surface area contributed by atoms with Crippen molar-refractivity contribution >= 4 is 51.7 Å². The predicted octanol–water partition coefficient (Wildman–Crippen LogP) is 8.05. The second kappa shape index (κ2) is 12.5. The van der Waals surface area contributed by atoms with Crippen LogP contribution in [0.1, 0.15) is 56.2 Å². The molecule has 3 aromatic rings. The zero-order valence-corrected chi connectivity index (χ0v) is 23.8. The first-order valence-corrected chi connectivity index (χ1v) is 13.9. The average molecular weight is 552 g/mol. The van der Waals surface area contributed by atoms with Crippen molar-refractivity contribution in [3.63, 3.8) is 0 Å². The monoisotopic (exact) mass is 550 g/mol. The molecule has 38 heavy (non-hydrogen) atoms. The highest BCUT2D eigenvalue weighted by atomic mass is 35.5. The second-order valence-corrected chi connectivity index (χ2v) is 10.6. The van der Waals surface area contributed by atoms with Gasteiger partial charge in [-0.3, -0.25) is 10.4 Å². The minimum atomic E-state index is 0.352. The fourth-order valence-electron chi connectivity index (χ4n) is 4.65. The zero-order valence-electron chi connectivity index (χ0n) is 22.3. The number of aromatic nitrogens is 1. The van der Waals surface area contributed by atoms with Gasteiger partial charge in [-0.05, 0) is 87.1 Å². The van der Waals surface area contributed by atoms with Crippen molar-refractivity contribution in [1.29, 1.82) is 5.41 Å². The number of hydrogen-bond acceptors (Lipinski definition) is 6. The van der Waals surface area contributed by atoms with E-state index in [2.05, 4.69) is 59.5 Å². The summed E-state index contributed by atoms with van der Waals surface area (Å²) in [7, 11) is 0. The third kappa shape index (κ3) is 6.43. The van der Waals surface area contributed by atoms with Crippen LogP contribution in [0.25, 0.3) is 0 Å². The number of rotatable bonds is 9. The molecule has 4 rings (SSSR count). The van der Waals surface area contributed by atoms with Gasteiger partial charge in [-0.15, -0.1) is 0 Å². The minimum Gasteiger partial charge on any atom is -0.398 e. The number of aryl methyl sites for hydroxylation is 1. The Bertz CT molecular complexity index is 1320. The number of nitrogen functional groups attached to an aromatic ring is 1. The number of hydrogen-bond donors (Lipinski definition) is 4. The number of anilines is 4. The van der Waals surface area contributed by atoms with Crippen LogP contribution in [0.15, 0.2) is 60.1 Å². The molecule has 1 aromatic heterocycles. The van der Waals surface area contributed by atoms with E-state index in [4.69, 9.17) is 34.3 Å². The van der Waals surface area contributed by atoms with E-state index in [1.807, 2.05) is 18.2 Å². The predicted molar refractivity (Wildman–Crippen MR) is 163 cm³/mol. The molecular formula is C30H36Cl2N6. The van der Waals surface area contributed by atoms with E-state index in [9.17, 15) is 0 Å². The number of pyridine rings is 1. The van der Waals surface area contributed by atoms with E-state index in [0.717, 1.165) is 53.3 Å². The van der Waals surface area contributed by atoms with E-state index >= 15 is 0 Å². The van der Waals surface area contributed by atoms with Gasteiger partial charge in [-0.1, -0.05) is 30.1 Å². The first kappa shape index (κ1) is 27.8. The van der Waals surface area contributed by atoms with E-state index < -0.39 is 0 Å². The van der Waals surface area contributed by atoms with Crippen molar-refractivity contribution in [3.05, 3.63) is 86.8 Å². The molecule has 0 saturated carbocycles. The molecule has 2 heterocycles. The molecular weight excluding hydrogens is 515 g/mol. The molecule has 0 radical (unpaired) electrons. The summed E-state index contributed by atoms with van der Waals surface area (Å²) in [4.78, 5) is 6.47. The Morgan fingerprint density at radius 3 is 2.42 bits per heavy atom. The summed E-state index contributed by atoms with van der Waals surface area (Å²) >= 11 is 12.6. The first-order valence-electron chi connectivity index (χ1n) is 13.1. The molecule has 0 amide bonds. The lowest BCUT2D eigenvalue weighted by Crippen LogP contribution is -2.29. The Morgan fingerprint density at radius 2 is 1.76 bits per heavy atom. The number of allylic oxidation sites excluding steroid dienone is 2. The smallest absolute Gasteiger partial charge is 0.0867 e. The van der Waals surface area contributed by atoms with Gasteiger partial charge in [0.05, 0.1) is 21.5 Å². The van der Waals surface area contributed by atoms with Crippen molar-refractivity contribution in [2.45, 2.75) is 53.0 Å². The number of benzene rings is 2. The summed E-state index contributed by atoms with van der Waals surface area (Å²) in [5, 5.41) is 17.1. The van der Waals surface area contributed by atoms with Crippen molar-refractivity contribution in [2.75, 3.05) is 34.4 Å². The molecule has 200 valence electrons. The van der Waals surface area contributed by atoms with Gasteiger partial charge in [0, 0.05) is 65.9 Å². The normalized spacial score (nSPS) is 14.2. The third-order valence-electron chi connectivity index (χ3n) is 7.14. The van der Waals surface area contributed by atoms with E-state index in [1.54, 1.807) is 12.4 Å². The van der Waals surface area contributed by atoms with Crippen LogP contribution >= 0.6 is 23.2 Å². The molecule has 0 atom stereocenters. The van der Waals surface area contributed by atoms with Gasteiger partial charge in [0.1, 0.15) is 0 Å². The maximum absolute atomic E-state index is 9.16. The number of piperidine rings is 1. The maximum atomic E-state index is 9.16. The Morgan fingerprint density at radius 1 is 1.05 bits per heavy atom. The lowest BCUT2D eigenvalue weighted by atomic mass is 9.99. The maximum Gasteiger partial charge on any atom is 0.0867 e. The Hall–Kier alpha value is -3.22. The molecule has 0 bridgehead atoms. The largest absolute Gasteiger partial charge is 0.398 e. The van der Waals surface area contributed by atoms with Crippen LogP contribution in [0.3, 0.4) is 0 Å². The Balaban J connectivity index is 1.57. The lowest BCUT2D eigenvalue weighted by molar-refractivity contribution is 0.578. The van der Waals surface area contributed by atoms with Gasteiger partial charge >= 0.3 is 0 Å². The summed E-state index contributed by atoms with van der Waals surface area (Å²) < 4.78 is 0. The topological polar surface area (TPSA) is 90.1 Å². The molecule has 5 N–H and O–H groups in total. The summed E-state index contributed by atoms with van der Waals surface area (Å²) in [6.45, 7) is 8.92. The second-order valence-electron chi connectivity index (χ2n) is 9.79. The molecule has 0 aliphatic carbocycles. The number of nitrogens with zero attached hydrogens (tertiary/aromatic N) is 2. The van der Waals surface area contributed by atoms with Crippen molar-refractivity contribution in [3.8, 4) is 0 Å². The quantitative estimate of drug-likeness (QED) is 0.160. The van der Waals surface area contributed by atoms with Gasteiger partial charge in [-0.2, -0.15) is 0 Å². The van der Waals surface area contributed by atoms with Crippen LogP contribution in [0, 0.1) is 12.3 Å². The average Bonchev–Trinajstić information content (AvgIpc) is 2.92. The van der Waals surface area contributed by atoms with Crippen LogP contribution in [0.4, 0.5) is 22.7 Å². The van der Waals surface area contributed by atoms with Crippen LogP contribution in [-0.4, -0.2) is 23.8 Å². The van der Waals surface area contributed by atoms with Crippen molar-refractivity contribution in [2.24, 2.45) is 0 Å². The molecule has 1 aliphatic rings. The Kier molecular flexibility index (Phi) is 9.18. The van der Waals surface area contributed by atoms with Gasteiger partial charge < -0.3 is 21.3 Å². The zero-order chi connectivity index (χ0) is 27.2. The van der Waals surface area contributed by atoms with Crippen LogP contribution in [0.5, 0.6) is 0 Å². The standard InChI is InChI=1S/C30H36Cl2N6/c1-4-19(2)30(37-28-11-9-22(14-20(28)3)38-12-6-5-7-13-38)29(34)23-15-21(8-10-27(23)33)36-16-24-25(31)17-35-18-26(24)32/h8-11,14-15,17-18,34,36-37H,4-7,12-13,16,33H2,1-3H3/b30-19+,34-29?. The molecule has 1 aliphatic heterocycles. The lowest BCUT2D eigenvalue weighted by Gasteiger charge is -2.29. The third-order valence-corrected chi connectivity index (χ3v) is 7.79. The molecule has 6 nitrogen and oxygen atoms in total. The molecule has 1 saturated heterocycles. The molecule has 0 spiro atoms. The summed E-state index contributed by atoms with van der Waals surface area (Å²) in [5.41, 5.74) is 14.8. The van der Waals surface area contributed by atoms with Gasteiger partial charge in [0.2, 0.25) is 0 Å². The number of nitrogens with two attached hydrogens (primary N) is 1. The molecule has 8 heteroatoms. The van der Waals surface area contributed by atoms with Crippen molar-refractivity contribution in [1.82, 2.24) is 4.98 Å². The summed E-state index contributed by atoms with van der Waals surface area (Å²) in [6.07, 6.45) is 7.77. The summed E-state index contributed by atoms with van der Waals surface area (Å²) in [6, 6.07) is 12.2. The summed E-state index contributed by atoms with van der Waals surface area (Å²) in [5.74, 6) is 0. The fraction of sp³-hybridized carbons (Fsp3) is 0.333. The van der Waals surface area contributed by atoms with Crippen molar-refractivity contribution < 1.29 is 0 Å². The fourth-order valence-corrected chi connectivity index (χ4v) is 5.14. The molecule has 0 unspecified atom stereocenters. The number of nitrogens with one attached hydrogen (secondary N) is 3. The highest BCUT2D eigenvalue weighted by Gasteiger charge is 2.17. The van der Waals surface area contributed by atoms with Gasteiger partial charge in [-0.25, -0.2) is 0 Å².